The molecule has 0 spiro atoms. The van der Waals surface area contributed by atoms with Crippen LogP contribution in [0.5, 0.6) is 0 Å². The van der Waals surface area contributed by atoms with Crippen LogP contribution in [0.15, 0.2) is 51.4 Å². The summed E-state index contributed by atoms with van der Waals surface area (Å²) >= 11 is 3.35. The number of hydrogen-bond acceptors (Lipinski definition) is 2. The molecule has 6 heteroatoms. The van der Waals surface area contributed by atoms with Crippen molar-refractivity contribution in [2.24, 2.45) is 0 Å². The SMILES string of the molecule is O=C(Nc1ccc(F)cc1F)c1cc2c(Br)cccc2o1. The second-order valence-corrected chi connectivity index (χ2v) is 5.19. The Hall–Kier alpha value is -2.21. The molecule has 106 valence electrons. The van der Waals surface area contributed by atoms with Gasteiger partial charge in [0, 0.05) is 15.9 Å². The van der Waals surface area contributed by atoms with Crippen molar-refractivity contribution in [3.63, 3.8) is 0 Å². The number of anilines is 1. The van der Waals surface area contributed by atoms with E-state index >= 15 is 0 Å². The predicted octanol–water partition coefficient (Wildman–Crippen LogP) is 4.73. The summed E-state index contributed by atoms with van der Waals surface area (Å²) in [6.45, 7) is 0. The summed E-state index contributed by atoms with van der Waals surface area (Å²) in [6, 6.07) is 9.78. The van der Waals surface area contributed by atoms with Gasteiger partial charge < -0.3 is 9.73 Å². The lowest BCUT2D eigenvalue weighted by Gasteiger charge is -2.04. The van der Waals surface area contributed by atoms with E-state index in [2.05, 4.69) is 21.2 Å². The molecule has 1 aromatic heterocycles. The van der Waals surface area contributed by atoms with Crippen LogP contribution >= 0.6 is 15.9 Å². The third-order valence-electron chi connectivity index (χ3n) is 2.91. The lowest BCUT2D eigenvalue weighted by molar-refractivity contribution is 0.0998. The first kappa shape index (κ1) is 13.8. The van der Waals surface area contributed by atoms with Crippen LogP contribution in [0.3, 0.4) is 0 Å². The molecule has 0 saturated heterocycles. The smallest absolute Gasteiger partial charge is 0.291 e. The van der Waals surface area contributed by atoms with Gasteiger partial charge in [-0.1, -0.05) is 22.0 Å². The Morgan fingerprint density at radius 3 is 2.67 bits per heavy atom. The lowest BCUT2D eigenvalue weighted by atomic mass is 10.2. The van der Waals surface area contributed by atoms with Gasteiger partial charge in [-0.3, -0.25) is 4.79 Å². The molecule has 0 aliphatic heterocycles. The summed E-state index contributed by atoms with van der Waals surface area (Å²) in [5, 5.41) is 3.08. The van der Waals surface area contributed by atoms with Gasteiger partial charge in [0.25, 0.3) is 5.91 Å². The molecule has 1 heterocycles. The maximum atomic E-state index is 13.5. The minimum absolute atomic E-state index is 0.0422. The summed E-state index contributed by atoms with van der Waals surface area (Å²) < 4.78 is 32.5. The van der Waals surface area contributed by atoms with Gasteiger partial charge in [-0.05, 0) is 30.3 Å². The maximum absolute atomic E-state index is 13.5. The first-order valence-electron chi connectivity index (χ1n) is 5.99. The fraction of sp³-hybridized carbons (Fsp3) is 0. The number of hydrogen-bond donors (Lipinski definition) is 1. The lowest BCUT2D eigenvalue weighted by Crippen LogP contribution is -2.12. The highest BCUT2D eigenvalue weighted by atomic mass is 79.9. The maximum Gasteiger partial charge on any atom is 0.291 e. The molecule has 1 amide bonds. The van der Waals surface area contributed by atoms with E-state index in [1.165, 1.54) is 0 Å². The van der Waals surface area contributed by atoms with Crippen LogP contribution in [0.2, 0.25) is 0 Å². The summed E-state index contributed by atoms with van der Waals surface area (Å²) in [5.74, 6) is -2.12. The van der Waals surface area contributed by atoms with Crippen LogP contribution in [0.1, 0.15) is 10.6 Å². The van der Waals surface area contributed by atoms with Crippen molar-refractivity contribution in [1.29, 1.82) is 0 Å². The molecule has 0 bridgehead atoms. The van der Waals surface area contributed by atoms with Crippen molar-refractivity contribution in [2.75, 3.05) is 5.32 Å². The predicted molar refractivity (Wildman–Crippen MR) is 78.2 cm³/mol. The van der Waals surface area contributed by atoms with Crippen LogP contribution in [-0.2, 0) is 0 Å². The number of carbonyl (C=O) groups is 1. The van der Waals surface area contributed by atoms with Gasteiger partial charge in [-0.25, -0.2) is 8.78 Å². The molecule has 0 fully saturated rings. The van der Waals surface area contributed by atoms with Gasteiger partial charge in [0.2, 0.25) is 0 Å². The molecule has 1 N–H and O–H groups in total. The molecule has 0 aliphatic rings. The highest BCUT2D eigenvalue weighted by molar-refractivity contribution is 9.10. The van der Waals surface area contributed by atoms with Crippen molar-refractivity contribution in [2.45, 2.75) is 0 Å². The fourth-order valence-corrected chi connectivity index (χ4v) is 2.37. The summed E-state index contributed by atoms with van der Waals surface area (Å²) in [6.07, 6.45) is 0. The Balaban J connectivity index is 1.92. The van der Waals surface area contributed by atoms with Crippen LogP contribution < -0.4 is 5.32 Å². The number of amides is 1. The third kappa shape index (κ3) is 2.67. The molecule has 3 aromatic rings. The minimum atomic E-state index is -0.847. The van der Waals surface area contributed by atoms with E-state index in [9.17, 15) is 13.6 Å². The minimum Gasteiger partial charge on any atom is -0.451 e. The third-order valence-corrected chi connectivity index (χ3v) is 3.60. The van der Waals surface area contributed by atoms with E-state index in [1.807, 2.05) is 6.07 Å². The van der Waals surface area contributed by atoms with Crippen LogP contribution in [-0.4, -0.2) is 5.91 Å². The van der Waals surface area contributed by atoms with Gasteiger partial charge >= 0.3 is 0 Å². The normalized spacial score (nSPS) is 10.8. The first-order chi connectivity index (χ1) is 10.0. The average molecular weight is 352 g/mol. The number of carbonyl (C=O) groups excluding carboxylic acids is 1. The number of fused-ring (bicyclic) bond motifs is 1. The topological polar surface area (TPSA) is 42.2 Å². The number of rotatable bonds is 2. The number of benzene rings is 2. The zero-order valence-electron chi connectivity index (χ0n) is 10.5. The monoisotopic (exact) mass is 351 g/mol. The molecule has 0 aliphatic carbocycles. The van der Waals surface area contributed by atoms with Crippen LogP contribution in [0, 0.1) is 11.6 Å². The zero-order chi connectivity index (χ0) is 15.0. The summed E-state index contributed by atoms with van der Waals surface area (Å²) in [5.41, 5.74) is 0.426. The Bertz CT molecular complexity index is 845. The molecular weight excluding hydrogens is 344 g/mol. The van der Waals surface area contributed by atoms with Crippen molar-refractivity contribution >= 4 is 38.5 Å². The molecule has 21 heavy (non-hydrogen) atoms. The highest BCUT2D eigenvalue weighted by Gasteiger charge is 2.15. The Labute approximate surface area is 126 Å². The second-order valence-electron chi connectivity index (χ2n) is 4.34. The van der Waals surface area contributed by atoms with Gasteiger partial charge in [0.15, 0.2) is 5.76 Å². The molecule has 0 saturated carbocycles. The Kier molecular flexibility index (Phi) is 3.47. The Morgan fingerprint density at radius 2 is 1.95 bits per heavy atom. The van der Waals surface area contributed by atoms with E-state index in [0.717, 1.165) is 22.0 Å². The number of furan rings is 1. The highest BCUT2D eigenvalue weighted by Crippen LogP contribution is 2.27. The largest absolute Gasteiger partial charge is 0.451 e. The zero-order valence-corrected chi connectivity index (χ0v) is 12.1. The standard InChI is InChI=1S/C15H8BrF2NO2/c16-10-2-1-3-13-9(10)7-14(21-13)15(20)19-12-5-4-8(17)6-11(12)18/h1-7H,(H,19,20). The van der Waals surface area contributed by atoms with E-state index in [-0.39, 0.29) is 11.4 Å². The van der Waals surface area contributed by atoms with Crippen molar-refractivity contribution < 1.29 is 18.0 Å². The number of halogens is 3. The second kappa shape index (κ2) is 5.29. The van der Waals surface area contributed by atoms with Crippen molar-refractivity contribution in [1.82, 2.24) is 0 Å². The van der Waals surface area contributed by atoms with E-state index in [1.54, 1.807) is 18.2 Å². The molecule has 2 aromatic carbocycles. The van der Waals surface area contributed by atoms with Crippen molar-refractivity contribution in [3.05, 3.63) is 64.3 Å². The molecule has 3 nitrogen and oxygen atoms in total. The number of nitrogens with one attached hydrogen (secondary N) is 1. The van der Waals surface area contributed by atoms with E-state index in [4.69, 9.17) is 4.42 Å². The van der Waals surface area contributed by atoms with Crippen LogP contribution in [0.25, 0.3) is 11.0 Å². The van der Waals surface area contributed by atoms with Gasteiger partial charge in [0.05, 0.1) is 5.69 Å². The van der Waals surface area contributed by atoms with Gasteiger partial charge in [0.1, 0.15) is 17.2 Å². The first-order valence-corrected chi connectivity index (χ1v) is 6.78. The molecule has 3 rings (SSSR count). The molecular formula is C15H8BrF2NO2. The molecule has 0 radical (unpaired) electrons. The van der Waals surface area contributed by atoms with Crippen LogP contribution in [0.4, 0.5) is 14.5 Å². The molecule has 0 atom stereocenters. The molecule has 0 unspecified atom stereocenters. The summed E-state index contributed by atoms with van der Waals surface area (Å²) in [7, 11) is 0. The Morgan fingerprint density at radius 1 is 1.14 bits per heavy atom. The van der Waals surface area contributed by atoms with Gasteiger partial charge in [-0.15, -0.1) is 0 Å². The average Bonchev–Trinajstić information content (AvgIpc) is 2.87. The quantitative estimate of drug-likeness (QED) is 0.725. The fourth-order valence-electron chi connectivity index (χ4n) is 1.91. The summed E-state index contributed by atoms with van der Waals surface area (Å²) in [4.78, 5) is 12.1. The van der Waals surface area contributed by atoms with Gasteiger partial charge in [-0.2, -0.15) is 0 Å². The van der Waals surface area contributed by atoms with E-state index < -0.39 is 17.5 Å². The van der Waals surface area contributed by atoms with E-state index in [0.29, 0.717) is 11.6 Å². The van der Waals surface area contributed by atoms with Crippen molar-refractivity contribution in [3.8, 4) is 0 Å².